The SMILES string of the molecule is CC.CN(C)C(=O)O.C[CH-]c1ccccc1[N+](=O)[O-].[Y]. The van der Waals surface area contributed by atoms with Gasteiger partial charge in [-0.25, -0.2) is 4.79 Å². The maximum absolute atomic E-state index is 10.4. The van der Waals surface area contributed by atoms with Crippen molar-refractivity contribution in [2.45, 2.75) is 20.8 Å². The van der Waals surface area contributed by atoms with E-state index in [0.29, 0.717) is 5.56 Å². The van der Waals surface area contributed by atoms with Gasteiger partial charge in [-0.1, -0.05) is 26.8 Å². The number of carboxylic acid groups (broad SMARTS) is 1. The third-order valence-corrected chi connectivity index (χ3v) is 1.83. The number of nitrogens with zero attached hydrogens (tertiary/aromatic N) is 2. The van der Waals surface area contributed by atoms with Gasteiger partial charge in [-0.05, 0) is 6.07 Å². The molecule has 0 aliphatic heterocycles. The molecule has 1 aromatic carbocycles. The summed E-state index contributed by atoms with van der Waals surface area (Å²) in [5.74, 6) is 0. The van der Waals surface area contributed by atoms with Gasteiger partial charge in [0.05, 0.1) is 0 Å². The van der Waals surface area contributed by atoms with Crippen LogP contribution in [-0.4, -0.2) is 35.1 Å². The monoisotopic (exact) mass is 358 g/mol. The summed E-state index contributed by atoms with van der Waals surface area (Å²) in [4.78, 5) is 20.7. The molecule has 6 nitrogen and oxygen atoms in total. The van der Waals surface area contributed by atoms with Crippen LogP contribution in [0.1, 0.15) is 26.3 Å². The molecule has 1 rings (SSSR count). The fourth-order valence-corrected chi connectivity index (χ4v) is 0.898. The molecule has 0 bridgehead atoms. The van der Waals surface area contributed by atoms with Crippen LogP contribution in [0.25, 0.3) is 0 Å². The number of carbonyl (C=O) groups is 1. The van der Waals surface area contributed by atoms with Crippen molar-refractivity contribution < 1.29 is 47.5 Å². The van der Waals surface area contributed by atoms with E-state index in [1.165, 1.54) is 20.2 Å². The fourth-order valence-electron chi connectivity index (χ4n) is 0.898. The molecule has 0 aliphatic carbocycles. The number of hydrogen-bond donors (Lipinski definition) is 1. The van der Waals surface area contributed by atoms with E-state index < -0.39 is 6.09 Å². The van der Waals surface area contributed by atoms with E-state index in [1.807, 2.05) is 13.8 Å². The predicted molar refractivity (Wildman–Crippen MR) is 75.2 cm³/mol. The second kappa shape index (κ2) is 14.3. The maximum atomic E-state index is 10.4. The second-order valence-corrected chi connectivity index (χ2v) is 3.28. The number of hydrogen-bond acceptors (Lipinski definition) is 3. The molecule has 0 aliphatic rings. The van der Waals surface area contributed by atoms with Crippen molar-refractivity contribution in [2.75, 3.05) is 14.1 Å². The quantitative estimate of drug-likeness (QED) is 0.499. The van der Waals surface area contributed by atoms with Crippen LogP contribution in [0.3, 0.4) is 0 Å². The zero-order valence-corrected chi connectivity index (χ0v) is 15.4. The third-order valence-electron chi connectivity index (χ3n) is 1.83. The second-order valence-electron chi connectivity index (χ2n) is 3.28. The van der Waals surface area contributed by atoms with Crippen LogP contribution in [0.5, 0.6) is 0 Å². The normalized spacial score (nSPS) is 7.65. The van der Waals surface area contributed by atoms with Crippen molar-refractivity contribution in [2.24, 2.45) is 0 Å². The molecule has 0 spiro atoms. The Morgan fingerprint density at radius 2 is 1.70 bits per heavy atom. The molecule has 0 saturated heterocycles. The van der Waals surface area contributed by atoms with E-state index in [0.717, 1.165) is 4.90 Å². The summed E-state index contributed by atoms with van der Waals surface area (Å²) in [5, 5.41) is 18.3. The molecule has 111 valence electrons. The van der Waals surface area contributed by atoms with Gasteiger partial charge >= 0.3 is 6.09 Å². The summed E-state index contributed by atoms with van der Waals surface area (Å²) in [6.45, 7) is 5.78. The van der Waals surface area contributed by atoms with E-state index >= 15 is 0 Å². The molecule has 0 aromatic heterocycles. The molecule has 0 saturated carbocycles. The van der Waals surface area contributed by atoms with Gasteiger partial charge in [0.2, 0.25) is 0 Å². The molecule has 0 heterocycles. The Hall–Kier alpha value is -1.14. The van der Waals surface area contributed by atoms with Crippen molar-refractivity contribution in [1.82, 2.24) is 4.90 Å². The Kier molecular flexibility index (Phi) is 17.1. The zero-order chi connectivity index (χ0) is 15.4. The van der Waals surface area contributed by atoms with E-state index in [2.05, 4.69) is 0 Å². The van der Waals surface area contributed by atoms with Gasteiger partial charge in [-0.15, -0.1) is 11.6 Å². The van der Waals surface area contributed by atoms with Gasteiger partial charge in [-0.2, -0.15) is 12.5 Å². The summed E-state index contributed by atoms with van der Waals surface area (Å²) in [6.07, 6.45) is 0.813. The van der Waals surface area contributed by atoms with Crippen molar-refractivity contribution in [3.05, 3.63) is 46.4 Å². The first-order valence-electron chi connectivity index (χ1n) is 5.83. The van der Waals surface area contributed by atoms with Crippen molar-refractivity contribution in [3.8, 4) is 0 Å². The number of nitro benzene ring substituents is 1. The van der Waals surface area contributed by atoms with Crippen molar-refractivity contribution in [3.63, 3.8) is 0 Å². The predicted octanol–water partition coefficient (Wildman–Crippen LogP) is 3.42. The molecule has 1 radical (unpaired) electrons. The summed E-state index contributed by atoms with van der Waals surface area (Å²) in [6, 6.07) is 6.65. The van der Waals surface area contributed by atoms with E-state index in [4.69, 9.17) is 5.11 Å². The topological polar surface area (TPSA) is 83.7 Å². The molecule has 7 heteroatoms. The molecule has 0 atom stereocenters. The molecular weight excluding hydrogens is 337 g/mol. The number of benzene rings is 1. The maximum Gasteiger partial charge on any atom is 0.406 e. The number of rotatable bonds is 2. The minimum absolute atomic E-state index is 0. The van der Waals surface area contributed by atoms with Gasteiger partial charge < -0.3 is 10.0 Å². The molecule has 20 heavy (non-hydrogen) atoms. The van der Waals surface area contributed by atoms with Gasteiger partial charge in [0, 0.05) is 51.7 Å². The average molecular weight is 358 g/mol. The number of amides is 1. The fraction of sp³-hybridized carbons (Fsp3) is 0.385. The third kappa shape index (κ3) is 10.8. The largest absolute Gasteiger partial charge is 0.465 e. The summed E-state index contributed by atoms with van der Waals surface area (Å²) >= 11 is 0. The molecular formula is C13H21N2O4Y-. The van der Waals surface area contributed by atoms with E-state index in [-0.39, 0.29) is 43.3 Å². The summed E-state index contributed by atoms with van der Waals surface area (Å²) < 4.78 is 0. The molecule has 1 aromatic rings. The van der Waals surface area contributed by atoms with Gasteiger partial charge in [0.1, 0.15) is 0 Å². The smallest absolute Gasteiger partial charge is 0.406 e. The Bertz CT molecular complexity index is 398. The van der Waals surface area contributed by atoms with Crippen molar-refractivity contribution in [1.29, 1.82) is 0 Å². The van der Waals surface area contributed by atoms with Crippen LogP contribution in [0, 0.1) is 16.5 Å². The van der Waals surface area contributed by atoms with Gasteiger partial charge in [-0.3, -0.25) is 10.1 Å². The van der Waals surface area contributed by atoms with Gasteiger partial charge in [0.25, 0.3) is 0 Å². The molecule has 0 unspecified atom stereocenters. The first-order chi connectivity index (χ1) is 8.90. The van der Waals surface area contributed by atoms with Crippen LogP contribution >= 0.6 is 0 Å². The number of nitro groups is 1. The Labute approximate surface area is 145 Å². The standard InChI is InChI=1S/C8H8NO2.C3H7NO2.C2H6.Y/c1-2-7-5-3-4-6-8(7)9(10)11;1-4(2)3(5)6;1-2;/h2-6H,1H3;1-2H3,(H,5,6);1-2H3;/q-1;;;. The molecule has 1 amide bonds. The van der Waals surface area contributed by atoms with Crippen LogP contribution in [0.4, 0.5) is 10.5 Å². The summed E-state index contributed by atoms with van der Waals surface area (Å²) in [5.41, 5.74) is 0.826. The van der Waals surface area contributed by atoms with E-state index in [1.54, 1.807) is 31.5 Å². The Morgan fingerprint density at radius 3 is 1.95 bits per heavy atom. The number of para-hydroxylation sites is 1. The van der Waals surface area contributed by atoms with Crippen molar-refractivity contribution >= 4 is 11.8 Å². The Balaban J connectivity index is -0.000000278. The van der Waals surface area contributed by atoms with Crippen LogP contribution in [0.15, 0.2) is 24.3 Å². The zero-order valence-electron chi connectivity index (χ0n) is 12.5. The first-order valence-corrected chi connectivity index (χ1v) is 5.83. The molecule has 0 fully saturated rings. The van der Waals surface area contributed by atoms with Gasteiger partial charge in [0.15, 0.2) is 5.69 Å². The Morgan fingerprint density at radius 1 is 1.30 bits per heavy atom. The first kappa shape index (κ1) is 23.9. The van der Waals surface area contributed by atoms with Crippen LogP contribution < -0.4 is 0 Å². The minimum atomic E-state index is -0.907. The summed E-state index contributed by atoms with van der Waals surface area (Å²) in [7, 11) is 2.95. The minimum Gasteiger partial charge on any atom is -0.465 e. The van der Waals surface area contributed by atoms with Crippen LogP contribution in [-0.2, 0) is 32.7 Å². The van der Waals surface area contributed by atoms with E-state index in [9.17, 15) is 14.9 Å². The van der Waals surface area contributed by atoms with Crippen LogP contribution in [0.2, 0.25) is 0 Å². The average Bonchev–Trinajstić information content (AvgIpc) is 2.41. The molecule has 1 N–H and O–H groups in total.